The van der Waals surface area contributed by atoms with Gasteiger partial charge in [-0.1, -0.05) is 37.3 Å². The van der Waals surface area contributed by atoms with Crippen molar-refractivity contribution in [1.82, 2.24) is 5.32 Å². The molecular formula is C20H25ClN2O. The van der Waals surface area contributed by atoms with Crippen LogP contribution in [0.15, 0.2) is 54.6 Å². The Bertz CT molecular complexity index is 642. The average Bonchev–Trinajstić information content (AvgIpc) is 2.80. The zero-order chi connectivity index (χ0) is 16.1. The zero-order valence-corrected chi connectivity index (χ0v) is 14.8. The first kappa shape index (κ1) is 18.5. The highest BCUT2D eigenvalue weighted by Crippen LogP contribution is 2.27. The molecular weight excluding hydrogens is 320 g/mol. The van der Waals surface area contributed by atoms with E-state index >= 15 is 0 Å². The Labute approximate surface area is 150 Å². The van der Waals surface area contributed by atoms with E-state index in [2.05, 4.69) is 24.4 Å². The maximum absolute atomic E-state index is 8.27. The maximum atomic E-state index is 8.27. The number of rotatable bonds is 4. The molecule has 3 rings (SSSR count). The molecule has 2 aromatic carbocycles. The standard InChI is InChI=1S/C20H24N2O.ClH/c1-15(20-19(21)9-5-6-14-22-20)16-10-12-18(13-11-16)23-17-7-3-2-4-8-17;/h2-4,7-8,10-13,15,20-22H,5-6,9,14H2,1H3;1H. The fourth-order valence-corrected chi connectivity index (χ4v) is 3.11. The molecule has 1 saturated heterocycles. The molecule has 0 radical (unpaired) electrons. The van der Waals surface area contributed by atoms with Gasteiger partial charge in [-0.25, -0.2) is 0 Å². The molecule has 0 bridgehead atoms. The van der Waals surface area contributed by atoms with Crippen molar-refractivity contribution < 1.29 is 4.74 Å². The van der Waals surface area contributed by atoms with Crippen LogP contribution in [-0.4, -0.2) is 18.3 Å². The van der Waals surface area contributed by atoms with Crippen molar-refractivity contribution in [2.45, 2.75) is 38.1 Å². The topological polar surface area (TPSA) is 45.1 Å². The van der Waals surface area contributed by atoms with Crippen LogP contribution in [0.3, 0.4) is 0 Å². The van der Waals surface area contributed by atoms with Crippen LogP contribution in [0.1, 0.15) is 37.7 Å². The van der Waals surface area contributed by atoms with Gasteiger partial charge in [-0.05, 0) is 55.6 Å². The third-order valence-corrected chi connectivity index (χ3v) is 4.50. The van der Waals surface area contributed by atoms with Crippen LogP contribution in [0.5, 0.6) is 11.5 Å². The fourth-order valence-electron chi connectivity index (χ4n) is 3.11. The molecule has 2 N–H and O–H groups in total. The fraction of sp³-hybridized carbons (Fsp3) is 0.350. The summed E-state index contributed by atoms with van der Waals surface area (Å²) in [7, 11) is 0. The van der Waals surface area contributed by atoms with Crippen LogP contribution >= 0.6 is 12.4 Å². The lowest BCUT2D eigenvalue weighted by Gasteiger charge is -2.24. The van der Waals surface area contributed by atoms with Gasteiger partial charge in [-0.15, -0.1) is 12.4 Å². The van der Waals surface area contributed by atoms with E-state index in [1.54, 1.807) is 0 Å². The highest BCUT2D eigenvalue weighted by atomic mass is 35.5. The van der Waals surface area contributed by atoms with E-state index in [4.69, 9.17) is 10.1 Å². The summed E-state index contributed by atoms with van der Waals surface area (Å²) in [6.07, 6.45) is 3.20. The van der Waals surface area contributed by atoms with Crippen LogP contribution in [-0.2, 0) is 0 Å². The minimum Gasteiger partial charge on any atom is -0.457 e. The molecule has 0 amide bonds. The average molecular weight is 345 g/mol. The van der Waals surface area contributed by atoms with Crippen LogP contribution in [0.4, 0.5) is 0 Å². The minimum absolute atomic E-state index is 0. The SMILES string of the molecule is CC(c1ccc(Oc2ccccc2)cc1)C1NCCCCC1=N.Cl. The summed E-state index contributed by atoms with van der Waals surface area (Å²) < 4.78 is 5.84. The van der Waals surface area contributed by atoms with Crippen molar-refractivity contribution in [1.29, 1.82) is 5.41 Å². The molecule has 3 nitrogen and oxygen atoms in total. The Morgan fingerprint density at radius 1 is 1.00 bits per heavy atom. The Balaban J connectivity index is 0.00000208. The van der Waals surface area contributed by atoms with Crippen molar-refractivity contribution in [2.24, 2.45) is 0 Å². The Morgan fingerprint density at radius 3 is 2.38 bits per heavy atom. The Hall–Kier alpha value is -1.84. The van der Waals surface area contributed by atoms with E-state index < -0.39 is 0 Å². The van der Waals surface area contributed by atoms with Gasteiger partial charge < -0.3 is 15.5 Å². The summed E-state index contributed by atoms with van der Waals surface area (Å²) in [5.74, 6) is 1.99. The molecule has 0 saturated carbocycles. The molecule has 2 aromatic rings. The molecule has 0 spiro atoms. The lowest BCUT2D eigenvalue weighted by atomic mass is 9.89. The lowest BCUT2D eigenvalue weighted by molar-refractivity contribution is 0.481. The van der Waals surface area contributed by atoms with Crippen LogP contribution in [0.2, 0.25) is 0 Å². The monoisotopic (exact) mass is 344 g/mol. The molecule has 2 atom stereocenters. The first-order valence-electron chi connectivity index (χ1n) is 8.37. The van der Waals surface area contributed by atoms with Gasteiger partial charge in [0.05, 0.1) is 6.04 Å². The van der Waals surface area contributed by atoms with Crippen LogP contribution < -0.4 is 10.1 Å². The number of benzene rings is 2. The zero-order valence-electron chi connectivity index (χ0n) is 14.0. The molecule has 1 aliphatic heterocycles. The van der Waals surface area contributed by atoms with Crippen LogP contribution in [0.25, 0.3) is 0 Å². The molecule has 128 valence electrons. The minimum atomic E-state index is 0. The Kier molecular flexibility index (Phi) is 6.83. The lowest BCUT2D eigenvalue weighted by Crippen LogP contribution is -2.39. The van der Waals surface area contributed by atoms with Crippen molar-refractivity contribution in [2.75, 3.05) is 6.54 Å². The normalized spacial score (nSPS) is 19.0. The molecule has 2 unspecified atom stereocenters. The highest BCUT2D eigenvalue weighted by Gasteiger charge is 2.24. The number of para-hydroxylation sites is 1. The third-order valence-electron chi connectivity index (χ3n) is 4.50. The summed E-state index contributed by atoms with van der Waals surface area (Å²) in [5.41, 5.74) is 2.08. The Morgan fingerprint density at radius 2 is 1.67 bits per heavy atom. The predicted molar refractivity (Wildman–Crippen MR) is 102 cm³/mol. The smallest absolute Gasteiger partial charge is 0.127 e. The molecule has 0 aliphatic carbocycles. The maximum Gasteiger partial charge on any atom is 0.127 e. The van der Waals surface area contributed by atoms with Crippen molar-refractivity contribution >= 4 is 18.1 Å². The molecule has 4 heteroatoms. The van der Waals surface area contributed by atoms with Gasteiger partial charge in [0.1, 0.15) is 11.5 Å². The summed E-state index contributed by atoms with van der Waals surface area (Å²) in [6, 6.07) is 18.2. The second-order valence-corrected chi connectivity index (χ2v) is 6.19. The quantitative estimate of drug-likeness (QED) is 0.804. The van der Waals surface area contributed by atoms with E-state index in [1.807, 2.05) is 42.5 Å². The molecule has 24 heavy (non-hydrogen) atoms. The summed E-state index contributed by atoms with van der Waals surface area (Å²) in [4.78, 5) is 0. The number of ether oxygens (including phenoxy) is 1. The molecule has 1 aliphatic rings. The number of hydrogen-bond donors (Lipinski definition) is 2. The highest BCUT2D eigenvalue weighted by molar-refractivity contribution is 5.88. The third kappa shape index (κ3) is 4.59. The van der Waals surface area contributed by atoms with Crippen LogP contribution in [0, 0.1) is 5.41 Å². The van der Waals surface area contributed by atoms with Gasteiger partial charge in [-0.3, -0.25) is 0 Å². The van der Waals surface area contributed by atoms with E-state index in [0.29, 0.717) is 5.92 Å². The van der Waals surface area contributed by atoms with Gasteiger partial charge in [0.25, 0.3) is 0 Å². The first-order chi connectivity index (χ1) is 11.2. The van der Waals surface area contributed by atoms with E-state index in [-0.39, 0.29) is 18.4 Å². The molecule has 0 aromatic heterocycles. The number of nitrogens with one attached hydrogen (secondary N) is 2. The number of halogens is 1. The predicted octanol–water partition coefficient (Wildman–Crippen LogP) is 5.17. The molecule has 1 fully saturated rings. The molecule has 1 heterocycles. The van der Waals surface area contributed by atoms with E-state index in [1.165, 1.54) is 5.56 Å². The second kappa shape index (κ2) is 8.86. The van der Waals surface area contributed by atoms with Gasteiger partial charge >= 0.3 is 0 Å². The summed E-state index contributed by atoms with van der Waals surface area (Å²) >= 11 is 0. The van der Waals surface area contributed by atoms with Gasteiger partial charge in [0, 0.05) is 11.6 Å². The van der Waals surface area contributed by atoms with Gasteiger partial charge in [0.15, 0.2) is 0 Å². The summed E-state index contributed by atoms with van der Waals surface area (Å²) in [5, 5.41) is 11.8. The van der Waals surface area contributed by atoms with Crippen molar-refractivity contribution in [3.8, 4) is 11.5 Å². The van der Waals surface area contributed by atoms with Crippen molar-refractivity contribution in [3.05, 3.63) is 60.2 Å². The first-order valence-corrected chi connectivity index (χ1v) is 8.37. The van der Waals surface area contributed by atoms with E-state index in [0.717, 1.165) is 43.0 Å². The van der Waals surface area contributed by atoms with Gasteiger partial charge in [-0.2, -0.15) is 0 Å². The van der Waals surface area contributed by atoms with Crippen molar-refractivity contribution in [3.63, 3.8) is 0 Å². The van der Waals surface area contributed by atoms with E-state index in [9.17, 15) is 0 Å². The largest absolute Gasteiger partial charge is 0.457 e. The van der Waals surface area contributed by atoms with Gasteiger partial charge in [0.2, 0.25) is 0 Å². The second-order valence-electron chi connectivity index (χ2n) is 6.19. The number of hydrogen-bond acceptors (Lipinski definition) is 3. The summed E-state index contributed by atoms with van der Waals surface area (Å²) in [6.45, 7) is 3.21.